The molecule has 1 aromatic heterocycles. The van der Waals surface area contributed by atoms with E-state index in [-0.39, 0.29) is 0 Å². The molecule has 0 radical (unpaired) electrons. The fraction of sp³-hybridized carbons (Fsp3) is 0.400. The molecule has 0 saturated heterocycles. The lowest BCUT2D eigenvalue weighted by molar-refractivity contribution is 0.0118. The van der Waals surface area contributed by atoms with Gasteiger partial charge in [0.2, 0.25) is 0 Å². The maximum Gasteiger partial charge on any atom is 0.336 e. The first kappa shape index (κ1) is 13.0. The van der Waals surface area contributed by atoms with Gasteiger partial charge < -0.3 is 19.0 Å². The molecule has 2 aromatic rings. The van der Waals surface area contributed by atoms with E-state index >= 15 is 0 Å². The van der Waals surface area contributed by atoms with Crippen LogP contribution >= 0.6 is 0 Å². The first-order valence-electron chi connectivity index (χ1n) is 6.43. The number of hydrogen-bond acceptors (Lipinski definition) is 5. The smallest absolute Gasteiger partial charge is 0.336 e. The first-order valence-corrected chi connectivity index (χ1v) is 6.43. The molecule has 1 aromatic carbocycles. The molecule has 0 fully saturated rings. The second-order valence-corrected chi connectivity index (χ2v) is 5.57. The van der Waals surface area contributed by atoms with E-state index in [1.807, 2.05) is 13.8 Å². The predicted octanol–water partition coefficient (Wildman–Crippen LogP) is 2.40. The van der Waals surface area contributed by atoms with Crippen LogP contribution in [0.4, 0.5) is 0 Å². The molecule has 1 atom stereocenters. The highest BCUT2D eigenvalue weighted by atomic mass is 16.5. The van der Waals surface area contributed by atoms with Crippen LogP contribution in [0.5, 0.6) is 11.5 Å². The SMILES string of the molecule is COc1cc2c(c3oc(=O)ccc13)C(O)CC(C)(C)O2. The van der Waals surface area contributed by atoms with Crippen molar-refractivity contribution in [2.45, 2.75) is 32.0 Å². The van der Waals surface area contributed by atoms with Gasteiger partial charge in [-0.2, -0.15) is 0 Å². The molecule has 0 bridgehead atoms. The van der Waals surface area contributed by atoms with Crippen LogP contribution in [0.15, 0.2) is 27.4 Å². The third kappa shape index (κ3) is 1.94. The van der Waals surface area contributed by atoms with E-state index in [1.54, 1.807) is 12.1 Å². The Labute approximate surface area is 115 Å². The number of methoxy groups -OCH3 is 1. The number of hydrogen-bond donors (Lipinski definition) is 1. The normalized spacial score (nSPS) is 20.3. The fourth-order valence-corrected chi connectivity index (χ4v) is 2.67. The Balaban J connectivity index is 2.37. The van der Waals surface area contributed by atoms with Crippen molar-refractivity contribution in [1.29, 1.82) is 0 Å². The molecule has 3 rings (SSSR count). The number of fused-ring (bicyclic) bond motifs is 3. The topological polar surface area (TPSA) is 68.9 Å². The summed E-state index contributed by atoms with van der Waals surface area (Å²) in [5, 5.41) is 11.0. The molecule has 1 aliphatic rings. The summed E-state index contributed by atoms with van der Waals surface area (Å²) in [5.41, 5.74) is -0.113. The third-order valence-corrected chi connectivity index (χ3v) is 3.50. The molecule has 2 heterocycles. The van der Waals surface area contributed by atoms with Gasteiger partial charge in [-0.1, -0.05) is 0 Å². The van der Waals surface area contributed by atoms with Crippen molar-refractivity contribution in [3.05, 3.63) is 34.2 Å². The molecule has 5 nitrogen and oxygen atoms in total. The Kier molecular flexibility index (Phi) is 2.76. The molecule has 1 N–H and O–H groups in total. The number of rotatable bonds is 1. The average Bonchev–Trinajstić information content (AvgIpc) is 2.35. The van der Waals surface area contributed by atoms with Gasteiger partial charge in [0.1, 0.15) is 17.1 Å². The number of aliphatic hydroxyl groups is 1. The Morgan fingerprint density at radius 3 is 2.85 bits per heavy atom. The standard InChI is InChI=1S/C15H16O5/c1-15(2)7-9(16)13-11(20-15)6-10(18-3)8-4-5-12(17)19-14(8)13/h4-6,9,16H,7H2,1-3H3. The summed E-state index contributed by atoms with van der Waals surface area (Å²) < 4.78 is 16.5. The Morgan fingerprint density at radius 2 is 2.15 bits per heavy atom. The summed E-state index contributed by atoms with van der Waals surface area (Å²) >= 11 is 0. The highest BCUT2D eigenvalue weighted by Gasteiger charge is 2.35. The predicted molar refractivity (Wildman–Crippen MR) is 73.3 cm³/mol. The lowest BCUT2D eigenvalue weighted by Crippen LogP contribution is -2.35. The summed E-state index contributed by atoms with van der Waals surface area (Å²) in [6.45, 7) is 3.80. The minimum atomic E-state index is -0.743. The van der Waals surface area contributed by atoms with Crippen molar-refractivity contribution < 1.29 is 19.0 Å². The Hall–Kier alpha value is -2.01. The van der Waals surface area contributed by atoms with Crippen molar-refractivity contribution in [1.82, 2.24) is 0 Å². The monoisotopic (exact) mass is 276 g/mol. The highest BCUT2D eigenvalue weighted by molar-refractivity contribution is 5.89. The third-order valence-electron chi connectivity index (χ3n) is 3.50. The van der Waals surface area contributed by atoms with E-state index in [9.17, 15) is 9.90 Å². The van der Waals surface area contributed by atoms with Crippen LogP contribution in [0, 0.1) is 0 Å². The molecule has 0 amide bonds. The highest BCUT2D eigenvalue weighted by Crippen LogP contribution is 2.45. The van der Waals surface area contributed by atoms with Gasteiger partial charge in [-0.3, -0.25) is 0 Å². The summed E-state index contributed by atoms with van der Waals surface area (Å²) in [6, 6.07) is 4.69. The molecule has 20 heavy (non-hydrogen) atoms. The van der Waals surface area contributed by atoms with E-state index < -0.39 is 17.3 Å². The van der Waals surface area contributed by atoms with Crippen LogP contribution in [0.2, 0.25) is 0 Å². The molecule has 5 heteroatoms. The largest absolute Gasteiger partial charge is 0.496 e. The van der Waals surface area contributed by atoms with E-state index in [4.69, 9.17) is 13.9 Å². The molecular weight excluding hydrogens is 260 g/mol. The summed E-state index contributed by atoms with van der Waals surface area (Å²) in [4.78, 5) is 11.5. The average molecular weight is 276 g/mol. The van der Waals surface area contributed by atoms with Crippen molar-refractivity contribution in [3.8, 4) is 11.5 Å². The fourth-order valence-electron chi connectivity index (χ4n) is 2.67. The molecule has 1 unspecified atom stereocenters. The van der Waals surface area contributed by atoms with E-state index in [0.717, 1.165) is 0 Å². The van der Waals surface area contributed by atoms with Gasteiger partial charge in [0.25, 0.3) is 0 Å². The molecule has 106 valence electrons. The van der Waals surface area contributed by atoms with Gasteiger partial charge in [0.05, 0.1) is 24.2 Å². The van der Waals surface area contributed by atoms with Crippen LogP contribution in [-0.2, 0) is 0 Å². The zero-order valence-electron chi connectivity index (χ0n) is 11.6. The van der Waals surface area contributed by atoms with E-state index in [0.29, 0.717) is 34.5 Å². The van der Waals surface area contributed by atoms with E-state index in [2.05, 4.69) is 0 Å². The maximum atomic E-state index is 11.5. The Bertz CT molecular complexity index is 729. The second kappa shape index (κ2) is 4.24. The minimum absolute atomic E-state index is 0.329. The van der Waals surface area contributed by atoms with Crippen molar-refractivity contribution in [3.63, 3.8) is 0 Å². The van der Waals surface area contributed by atoms with Crippen LogP contribution in [0.25, 0.3) is 11.0 Å². The maximum absolute atomic E-state index is 11.5. The molecular formula is C15H16O5. The van der Waals surface area contributed by atoms with Crippen LogP contribution < -0.4 is 15.1 Å². The van der Waals surface area contributed by atoms with Gasteiger partial charge in [-0.05, 0) is 19.9 Å². The van der Waals surface area contributed by atoms with Crippen molar-refractivity contribution >= 4 is 11.0 Å². The van der Waals surface area contributed by atoms with E-state index in [1.165, 1.54) is 13.2 Å². The lowest BCUT2D eigenvalue weighted by atomic mass is 9.90. The molecule has 0 aliphatic carbocycles. The van der Waals surface area contributed by atoms with Crippen LogP contribution in [0.1, 0.15) is 31.9 Å². The summed E-state index contributed by atoms with van der Waals surface area (Å²) in [7, 11) is 1.54. The van der Waals surface area contributed by atoms with Gasteiger partial charge in [0, 0.05) is 18.6 Å². The summed E-state index contributed by atoms with van der Waals surface area (Å²) in [6.07, 6.45) is -0.312. The van der Waals surface area contributed by atoms with Crippen molar-refractivity contribution in [2.24, 2.45) is 0 Å². The number of aliphatic hydroxyl groups excluding tert-OH is 1. The van der Waals surface area contributed by atoms with Crippen molar-refractivity contribution in [2.75, 3.05) is 7.11 Å². The first-order chi connectivity index (χ1) is 9.41. The van der Waals surface area contributed by atoms with Gasteiger partial charge in [-0.25, -0.2) is 4.79 Å². The van der Waals surface area contributed by atoms with Crippen LogP contribution in [-0.4, -0.2) is 17.8 Å². The van der Waals surface area contributed by atoms with Gasteiger partial charge in [0.15, 0.2) is 5.58 Å². The zero-order valence-corrected chi connectivity index (χ0v) is 11.6. The molecule has 0 saturated carbocycles. The second-order valence-electron chi connectivity index (χ2n) is 5.57. The Morgan fingerprint density at radius 1 is 1.40 bits per heavy atom. The lowest BCUT2D eigenvalue weighted by Gasteiger charge is -2.35. The summed E-state index contributed by atoms with van der Waals surface area (Å²) in [5.74, 6) is 1.04. The van der Waals surface area contributed by atoms with Crippen LogP contribution in [0.3, 0.4) is 0 Å². The van der Waals surface area contributed by atoms with Gasteiger partial charge in [-0.15, -0.1) is 0 Å². The number of benzene rings is 1. The zero-order chi connectivity index (χ0) is 14.5. The van der Waals surface area contributed by atoms with Gasteiger partial charge >= 0.3 is 5.63 Å². The number of ether oxygens (including phenoxy) is 2. The molecule has 1 aliphatic heterocycles. The molecule has 0 spiro atoms. The quantitative estimate of drug-likeness (QED) is 0.810. The minimum Gasteiger partial charge on any atom is -0.496 e.